The number of benzene rings is 1. The van der Waals surface area contributed by atoms with Crippen molar-refractivity contribution in [2.75, 3.05) is 0 Å². The summed E-state index contributed by atoms with van der Waals surface area (Å²) in [6.07, 6.45) is -5.54. The molecule has 17 heavy (non-hydrogen) atoms. The summed E-state index contributed by atoms with van der Waals surface area (Å²) in [5.74, 6) is -0.288. The Morgan fingerprint density at radius 2 is 2.06 bits per heavy atom. The third kappa shape index (κ3) is 2.29. The Hall–Kier alpha value is -1.48. The average Bonchev–Trinajstić information content (AvgIpc) is 2.56. The molecule has 0 spiro atoms. The Balaban J connectivity index is 2.68. The number of hydrogen-bond donors (Lipinski definition) is 0. The van der Waals surface area contributed by atoms with Gasteiger partial charge in [0.25, 0.3) is 0 Å². The smallest absolute Gasteiger partial charge is 0.393 e. The van der Waals surface area contributed by atoms with Gasteiger partial charge in [-0.15, -0.1) is 0 Å². The van der Waals surface area contributed by atoms with E-state index in [4.69, 9.17) is 9.68 Å². The largest absolute Gasteiger partial charge is 0.444 e. The fraction of sp³-hybridized carbons (Fsp3) is 0.182. The van der Waals surface area contributed by atoms with Gasteiger partial charge < -0.3 is 4.42 Å². The van der Waals surface area contributed by atoms with Crippen LogP contribution in [0.1, 0.15) is 11.3 Å². The quantitative estimate of drug-likeness (QED) is 0.793. The van der Waals surface area contributed by atoms with Crippen LogP contribution in [0.3, 0.4) is 0 Å². The summed E-state index contributed by atoms with van der Waals surface area (Å²) in [7, 11) is 0. The van der Waals surface area contributed by atoms with E-state index in [9.17, 15) is 13.2 Å². The summed E-state index contributed by atoms with van der Waals surface area (Å²) < 4.78 is 42.8. The Labute approximate surface area is 103 Å². The lowest BCUT2D eigenvalue weighted by atomic mass is 10.1. The van der Waals surface area contributed by atoms with Crippen LogP contribution in [0.2, 0.25) is 0 Å². The van der Waals surface area contributed by atoms with E-state index in [2.05, 4.69) is 15.9 Å². The molecule has 0 N–H and O–H groups in total. The van der Waals surface area contributed by atoms with Gasteiger partial charge in [-0.3, -0.25) is 0 Å². The first-order valence-electron chi connectivity index (χ1n) is 4.59. The van der Waals surface area contributed by atoms with Gasteiger partial charge in [-0.05, 0) is 22.0 Å². The van der Waals surface area contributed by atoms with Gasteiger partial charge in [-0.2, -0.15) is 18.4 Å². The van der Waals surface area contributed by atoms with Crippen LogP contribution < -0.4 is 0 Å². The van der Waals surface area contributed by atoms with E-state index in [-0.39, 0.29) is 16.9 Å². The zero-order valence-corrected chi connectivity index (χ0v) is 9.89. The number of fused-ring (bicyclic) bond motifs is 1. The van der Waals surface area contributed by atoms with Gasteiger partial charge in [0.2, 0.25) is 5.76 Å². The second-order valence-corrected chi connectivity index (χ2v) is 4.28. The first-order chi connectivity index (χ1) is 7.92. The van der Waals surface area contributed by atoms with Crippen LogP contribution in [0.25, 0.3) is 11.0 Å². The molecule has 0 saturated carbocycles. The van der Waals surface area contributed by atoms with Gasteiger partial charge in [0.05, 0.1) is 10.9 Å². The van der Waals surface area contributed by atoms with Crippen molar-refractivity contribution >= 4 is 26.9 Å². The van der Waals surface area contributed by atoms with E-state index in [1.807, 2.05) is 0 Å². The van der Waals surface area contributed by atoms with Gasteiger partial charge in [0, 0.05) is 10.9 Å². The van der Waals surface area contributed by atoms with Gasteiger partial charge in [0.1, 0.15) is 11.7 Å². The van der Waals surface area contributed by atoms with Crippen molar-refractivity contribution in [2.45, 2.75) is 12.6 Å². The summed E-state index contributed by atoms with van der Waals surface area (Å²) in [5.41, 5.74) is 0.152. The highest BCUT2D eigenvalue weighted by Gasteiger charge is 2.32. The third-order valence-electron chi connectivity index (χ3n) is 2.25. The van der Waals surface area contributed by atoms with Crippen LogP contribution in [0, 0.1) is 11.3 Å². The summed E-state index contributed by atoms with van der Waals surface area (Å²) in [5, 5.41) is 9.09. The zero-order chi connectivity index (χ0) is 12.6. The summed E-state index contributed by atoms with van der Waals surface area (Å²) in [6, 6.07) is 6.40. The molecule has 1 heterocycles. The van der Waals surface area contributed by atoms with Gasteiger partial charge >= 0.3 is 6.18 Å². The monoisotopic (exact) mass is 303 g/mol. The molecule has 0 aliphatic carbocycles. The molecule has 0 unspecified atom stereocenters. The maximum absolute atomic E-state index is 12.4. The average molecular weight is 304 g/mol. The molecular formula is C11H5BrF3NO. The minimum absolute atomic E-state index is 0.115. The van der Waals surface area contributed by atoms with Crippen molar-refractivity contribution < 1.29 is 17.6 Å². The maximum Gasteiger partial charge on any atom is 0.393 e. The number of furan rings is 1. The second kappa shape index (κ2) is 4.08. The van der Waals surface area contributed by atoms with Crippen LogP contribution in [0.4, 0.5) is 13.2 Å². The predicted octanol–water partition coefficient (Wildman–Crippen LogP) is 4.17. The third-order valence-corrected chi connectivity index (χ3v) is 2.87. The normalized spacial score (nSPS) is 11.7. The first-order valence-corrected chi connectivity index (χ1v) is 5.38. The Morgan fingerprint density at radius 3 is 2.65 bits per heavy atom. The molecule has 0 fully saturated rings. The van der Waals surface area contributed by atoms with E-state index in [0.29, 0.717) is 9.86 Å². The van der Waals surface area contributed by atoms with Crippen LogP contribution >= 0.6 is 15.9 Å². The van der Waals surface area contributed by atoms with Crippen molar-refractivity contribution in [2.24, 2.45) is 0 Å². The second-order valence-electron chi connectivity index (χ2n) is 3.43. The minimum Gasteiger partial charge on any atom is -0.444 e. The highest BCUT2D eigenvalue weighted by molar-refractivity contribution is 9.10. The van der Waals surface area contributed by atoms with Crippen molar-refractivity contribution in [1.82, 2.24) is 0 Å². The van der Waals surface area contributed by atoms with E-state index in [1.165, 1.54) is 6.07 Å². The van der Waals surface area contributed by atoms with E-state index < -0.39 is 12.6 Å². The number of para-hydroxylation sites is 1. The Bertz CT molecular complexity index is 609. The van der Waals surface area contributed by atoms with Crippen molar-refractivity contribution in [1.29, 1.82) is 5.26 Å². The van der Waals surface area contributed by atoms with Crippen LogP contribution in [0.15, 0.2) is 27.1 Å². The molecule has 1 aromatic carbocycles. The number of rotatable bonds is 1. The molecule has 0 aliphatic heterocycles. The molecule has 0 bridgehead atoms. The molecule has 0 saturated heterocycles. The highest BCUT2D eigenvalue weighted by Crippen LogP contribution is 2.34. The fourth-order valence-corrected chi connectivity index (χ4v) is 2.05. The van der Waals surface area contributed by atoms with E-state index >= 15 is 0 Å². The summed E-state index contributed by atoms with van der Waals surface area (Å²) in [6.45, 7) is 0. The molecule has 2 aromatic rings. The zero-order valence-electron chi connectivity index (χ0n) is 8.31. The number of alkyl halides is 3. The van der Waals surface area contributed by atoms with Crippen molar-refractivity contribution in [3.8, 4) is 6.07 Å². The summed E-state index contributed by atoms with van der Waals surface area (Å²) in [4.78, 5) is 0. The molecule has 0 amide bonds. The van der Waals surface area contributed by atoms with Crippen molar-refractivity contribution in [3.05, 3.63) is 34.0 Å². The minimum atomic E-state index is -4.37. The van der Waals surface area contributed by atoms with Crippen LogP contribution in [0.5, 0.6) is 0 Å². The number of halogens is 4. The lowest BCUT2D eigenvalue weighted by Crippen LogP contribution is -2.11. The molecule has 2 rings (SSSR count). The molecule has 0 radical (unpaired) electrons. The van der Waals surface area contributed by atoms with Gasteiger partial charge in [0.15, 0.2) is 0 Å². The molecule has 6 heteroatoms. The fourth-order valence-electron chi connectivity index (χ4n) is 1.60. The molecule has 0 aliphatic rings. The molecule has 88 valence electrons. The first kappa shape index (κ1) is 12.0. The Morgan fingerprint density at radius 1 is 1.35 bits per heavy atom. The lowest BCUT2D eigenvalue weighted by Gasteiger charge is -2.04. The number of nitrogens with zero attached hydrogens (tertiary/aromatic N) is 1. The maximum atomic E-state index is 12.4. The molecule has 1 aromatic heterocycles. The van der Waals surface area contributed by atoms with E-state index in [0.717, 1.165) is 0 Å². The molecule has 0 atom stereocenters. The van der Waals surface area contributed by atoms with E-state index in [1.54, 1.807) is 18.2 Å². The number of nitriles is 1. The highest BCUT2D eigenvalue weighted by atomic mass is 79.9. The van der Waals surface area contributed by atoms with Crippen LogP contribution in [-0.4, -0.2) is 6.18 Å². The molecular weight excluding hydrogens is 299 g/mol. The SMILES string of the molecule is N#Cc1oc2c(Br)cccc2c1CC(F)(F)F. The standard InChI is InChI=1S/C11H5BrF3NO/c12-8-3-1-2-6-7(4-11(13,14)15)9(5-16)17-10(6)8/h1-3H,4H2. The topological polar surface area (TPSA) is 36.9 Å². The number of hydrogen-bond acceptors (Lipinski definition) is 2. The Kier molecular flexibility index (Phi) is 2.87. The van der Waals surface area contributed by atoms with Crippen molar-refractivity contribution in [3.63, 3.8) is 0 Å². The van der Waals surface area contributed by atoms with Crippen LogP contribution in [-0.2, 0) is 6.42 Å². The van der Waals surface area contributed by atoms with Gasteiger partial charge in [-0.1, -0.05) is 12.1 Å². The lowest BCUT2D eigenvalue weighted by molar-refractivity contribution is -0.127. The van der Waals surface area contributed by atoms with Gasteiger partial charge in [-0.25, -0.2) is 0 Å². The molecule has 2 nitrogen and oxygen atoms in total. The summed E-state index contributed by atoms with van der Waals surface area (Å²) >= 11 is 3.17. The predicted molar refractivity (Wildman–Crippen MR) is 58.4 cm³/mol.